The molecule has 0 bridgehead atoms. The Hall–Kier alpha value is -1.16. The zero-order valence-corrected chi connectivity index (χ0v) is 17.7. The first-order valence-electron chi connectivity index (χ1n) is 8.96. The van der Waals surface area contributed by atoms with Crippen LogP contribution in [0.25, 0.3) is 0 Å². The minimum atomic E-state index is -0.117. The van der Waals surface area contributed by atoms with E-state index in [-0.39, 0.29) is 17.7 Å². The van der Waals surface area contributed by atoms with Gasteiger partial charge in [0.15, 0.2) is 0 Å². The maximum Gasteiger partial charge on any atom is 0.102 e. The van der Waals surface area contributed by atoms with E-state index in [1.54, 1.807) is 0 Å². The van der Waals surface area contributed by atoms with Crippen LogP contribution < -0.4 is 0 Å². The number of halogens is 1. The van der Waals surface area contributed by atoms with E-state index in [4.69, 9.17) is 4.84 Å². The lowest BCUT2D eigenvalue weighted by molar-refractivity contribution is -0.272. The molecule has 2 nitrogen and oxygen atoms in total. The van der Waals surface area contributed by atoms with Crippen LogP contribution in [0.3, 0.4) is 0 Å². The summed E-state index contributed by atoms with van der Waals surface area (Å²) < 4.78 is 1.08. The molecule has 0 heterocycles. The van der Waals surface area contributed by atoms with Gasteiger partial charge in [-0.05, 0) is 56.9 Å². The maximum atomic E-state index is 6.54. The third kappa shape index (κ3) is 5.40. The molecule has 0 fully saturated rings. The Labute approximate surface area is 161 Å². The third-order valence-corrected chi connectivity index (χ3v) is 4.83. The van der Waals surface area contributed by atoms with Gasteiger partial charge in [0, 0.05) is 10.0 Å². The molecule has 0 aromatic heterocycles. The van der Waals surface area contributed by atoms with Crippen molar-refractivity contribution < 1.29 is 4.84 Å². The summed E-state index contributed by atoms with van der Waals surface area (Å²) in [5.41, 5.74) is 2.34. The molecule has 0 aliphatic rings. The molecule has 3 heteroatoms. The fraction of sp³-hybridized carbons (Fsp3) is 0.455. The van der Waals surface area contributed by atoms with Gasteiger partial charge in [-0.15, -0.1) is 0 Å². The van der Waals surface area contributed by atoms with Gasteiger partial charge in [-0.1, -0.05) is 72.2 Å². The topological polar surface area (TPSA) is 12.5 Å². The van der Waals surface area contributed by atoms with E-state index < -0.39 is 0 Å². The number of hydrogen-bond donors (Lipinski definition) is 0. The standard InChI is InChI=1S/C22H30BrNO/c1-16(2)21(19-10-8-7-9-11-19)24(22(4,5)6)25-17(3)18-12-14-20(23)15-13-18/h7-17,21H,1-6H3. The summed E-state index contributed by atoms with van der Waals surface area (Å²) in [6.07, 6.45) is -0.0164. The molecule has 2 rings (SSSR count). The molecule has 0 saturated carbocycles. The Morgan fingerprint density at radius 3 is 1.88 bits per heavy atom. The van der Waals surface area contributed by atoms with E-state index in [0.29, 0.717) is 5.92 Å². The summed E-state index contributed by atoms with van der Waals surface area (Å²) in [5.74, 6) is 0.429. The molecular formula is C22H30BrNO. The van der Waals surface area contributed by atoms with Crippen LogP contribution in [0.2, 0.25) is 0 Å². The minimum Gasteiger partial charge on any atom is -0.290 e. The van der Waals surface area contributed by atoms with Crippen LogP contribution in [0.1, 0.15) is 64.8 Å². The van der Waals surface area contributed by atoms with Crippen LogP contribution in [-0.2, 0) is 4.84 Å². The summed E-state index contributed by atoms with van der Waals surface area (Å²) in [4.78, 5) is 6.54. The van der Waals surface area contributed by atoms with Crippen molar-refractivity contribution in [2.75, 3.05) is 0 Å². The maximum absolute atomic E-state index is 6.54. The van der Waals surface area contributed by atoms with Crippen molar-refractivity contribution in [3.05, 3.63) is 70.2 Å². The van der Waals surface area contributed by atoms with Crippen LogP contribution in [0, 0.1) is 5.92 Å². The van der Waals surface area contributed by atoms with Crippen molar-refractivity contribution in [1.82, 2.24) is 5.06 Å². The molecule has 2 aromatic rings. The van der Waals surface area contributed by atoms with Gasteiger partial charge in [0.1, 0.15) is 6.10 Å². The van der Waals surface area contributed by atoms with Crippen LogP contribution in [0.5, 0.6) is 0 Å². The molecule has 0 amide bonds. The average molecular weight is 404 g/mol. The van der Waals surface area contributed by atoms with Crippen LogP contribution in [-0.4, -0.2) is 10.6 Å². The van der Waals surface area contributed by atoms with E-state index in [0.717, 1.165) is 4.47 Å². The molecule has 0 spiro atoms. The first-order valence-corrected chi connectivity index (χ1v) is 9.76. The highest BCUT2D eigenvalue weighted by Gasteiger charge is 2.34. The number of nitrogens with zero attached hydrogens (tertiary/aromatic N) is 1. The highest BCUT2D eigenvalue weighted by Crippen LogP contribution is 2.37. The zero-order valence-electron chi connectivity index (χ0n) is 16.2. The Morgan fingerprint density at radius 1 is 0.840 bits per heavy atom. The van der Waals surface area contributed by atoms with Crippen molar-refractivity contribution in [3.8, 4) is 0 Å². The molecule has 2 aromatic carbocycles. The van der Waals surface area contributed by atoms with Crippen molar-refractivity contribution in [3.63, 3.8) is 0 Å². The molecular weight excluding hydrogens is 374 g/mol. The number of hydrogen-bond acceptors (Lipinski definition) is 2. The second kappa shape index (κ2) is 8.48. The first kappa shape index (κ1) is 20.2. The molecule has 0 aliphatic carbocycles. The summed E-state index contributed by atoms with van der Waals surface area (Å²) >= 11 is 3.50. The molecule has 0 saturated heterocycles. The minimum absolute atomic E-state index is 0.0164. The van der Waals surface area contributed by atoms with Crippen molar-refractivity contribution in [1.29, 1.82) is 0 Å². The van der Waals surface area contributed by atoms with Gasteiger partial charge >= 0.3 is 0 Å². The summed E-state index contributed by atoms with van der Waals surface area (Å²) in [6.45, 7) is 13.2. The van der Waals surface area contributed by atoms with Gasteiger partial charge in [-0.25, -0.2) is 0 Å². The van der Waals surface area contributed by atoms with E-state index in [1.807, 2.05) is 0 Å². The Balaban J connectivity index is 2.33. The van der Waals surface area contributed by atoms with Crippen molar-refractivity contribution in [2.45, 2.75) is 59.2 Å². The Bertz CT molecular complexity index is 646. The van der Waals surface area contributed by atoms with Gasteiger partial charge in [0.2, 0.25) is 0 Å². The van der Waals surface area contributed by atoms with Gasteiger partial charge in [0.25, 0.3) is 0 Å². The van der Waals surface area contributed by atoms with E-state index in [1.165, 1.54) is 11.1 Å². The Kier molecular flexibility index (Phi) is 6.84. The van der Waals surface area contributed by atoms with E-state index in [9.17, 15) is 0 Å². The molecule has 2 unspecified atom stereocenters. The largest absolute Gasteiger partial charge is 0.290 e. The fourth-order valence-electron chi connectivity index (χ4n) is 3.05. The number of hydroxylamine groups is 2. The molecule has 25 heavy (non-hydrogen) atoms. The number of benzene rings is 2. The van der Waals surface area contributed by atoms with Gasteiger partial charge in [-0.2, -0.15) is 5.06 Å². The first-order chi connectivity index (χ1) is 11.7. The quantitative estimate of drug-likeness (QED) is 0.484. The monoisotopic (exact) mass is 403 g/mol. The van der Waals surface area contributed by atoms with Crippen LogP contribution in [0.15, 0.2) is 59.1 Å². The molecule has 2 atom stereocenters. The molecule has 0 aliphatic heterocycles. The molecule has 0 N–H and O–H groups in total. The highest BCUT2D eigenvalue weighted by molar-refractivity contribution is 9.10. The van der Waals surface area contributed by atoms with Crippen LogP contribution >= 0.6 is 15.9 Å². The van der Waals surface area contributed by atoms with E-state index in [2.05, 4.69) is 117 Å². The third-order valence-electron chi connectivity index (χ3n) is 4.30. The van der Waals surface area contributed by atoms with Crippen molar-refractivity contribution in [2.24, 2.45) is 5.92 Å². The molecule has 136 valence electrons. The predicted octanol–water partition coefficient (Wildman–Crippen LogP) is 6.94. The van der Waals surface area contributed by atoms with Gasteiger partial charge in [-0.3, -0.25) is 4.84 Å². The molecule has 0 radical (unpaired) electrons. The number of rotatable bonds is 6. The lowest BCUT2D eigenvalue weighted by atomic mass is 9.92. The Morgan fingerprint density at radius 2 is 1.40 bits per heavy atom. The second-order valence-corrected chi connectivity index (χ2v) is 8.81. The second-order valence-electron chi connectivity index (χ2n) is 7.90. The van der Waals surface area contributed by atoms with Crippen LogP contribution in [0.4, 0.5) is 0 Å². The lowest BCUT2D eigenvalue weighted by Gasteiger charge is -2.44. The summed E-state index contributed by atoms with van der Waals surface area (Å²) in [6, 6.07) is 19.2. The smallest absolute Gasteiger partial charge is 0.102 e. The van der Waals surface area contributed by atoms with Gasteiger partial charge in [0.05, 0.1) is 6.04 Å². The van der Waals surface area contributed by atoms with Crippen molar-refractivity contribution >= 4 is 15.9 Å². The predicted molar refractivity (Wildman–Crippen MR) is 109 cm³/mol. The average Bonchev–Trinajstić information content (AvgIpc) is 2.54. The SMILES string of the molecule is CC(ON(C(c1ccccc1)C(C)C)C(C)(C)C)c1ccc(Br)cc1. The van der Waals surface area contributed by atoms with Gasteiger partial charge < -0.3 is 0 Å². The summed E-state index contributed by atoms with van der Waals surface area (Å²) in [5, 5.41) is 2.18. The lowest BCUT2D eigenvalue weighted by Crippen LogP contribution is -2.46. The summed E-state index contributed by atoms with van der Waals surface area (Å²) in [7, 11) is 0. The fourth-order valence-corrected chi connectivity index (χ4v) is 3.31. The highest BCUT2D eigenvalue weighted by atomic mass is 79.9. The normalized spacial score (nSPS) is 14.8. The van der Waals surface area contributed by atoms with E-state index >= 15 is 0 Å². The zero-order chi connectivity index (χ0) is 18.6.